The Morgan fingerprint density at radius 2 is 1.44 bits per heavy atom. The molecular formula is C23H33N5O8. The van der Waals surface area contributed by atoms with Crippen LogP contribution in [0.25, 0.3) is 0 Å². The molecule has 0 saturated carbocycles. The second-order valence-corrected chi connectivity index (χ2v) is 8.40. The van der Waals surface area contributed by atoms with Gasteiger partial charge in [-0.25, -0.2) is 4.79 Å². The van der Waals surface area contributed by atoms with E-state index in [9.17, 15) is 33.9 Å². The van der Waals surface area contributed by atoms with Gasteiger partial charge in [-0.05, 0) is 11.5 Å². The minimum atomic E-state index is -1.62. The topological polar surface area (TPSA) is 231 Å². The zero-order chi connectivity index (χ0) is 27.4. The van der Waals surface area contributed by atoms with Crippen molar-refractivity contribution in [2.45, 2.75) is 63.7 Å². The van der Waals surface area contributed by atoms with E-state index in [-0.39, 0.29) is 6.42 Å². The molecular weight excluding hydrogens is 474 g/mol. The largest absolute Gasteiger partial charge is 0.481 e. The van der Waals surface area contributed by atoms with Gasteiger partial charge in [0.2, 0.25) is 23.6 Å². The zero-order valence-electron chi connectivity index (χ0n) is 20.1. The van der Waals surface area contributed by atoms with Crippen LogP contribution in [-0.4, -0.2) is 69.9 Å². The highest BCUT2D eigenvalue weighted by Gasteiger charge is 2.33. The van der Waals surface area contributed by atoms with E-state index >= 15 is 0 Å². The van der Waals surface area contributed by atoms with Crippen molar-refractivity contribution in [3.8, 4) is 0 Å². The molecule has 0 saturated heterocycles. The number of aliphatic carboxylic acids is 2. The molecule has 4 amide bonds. The van der Waals surface area contributed by atoms with Crippen LogP contribution in [0.4, 0.5) is 0 Å². The molecule has 0 aliphatic rings. The Morgan fingerprint density at radius 1 is 0.861 bits per heavy atom. The molecule has 13 heteroatoms. The second-order valence-electron chi connectivity index (χ2n) is 8.40. The summed E-state index contributed by atoms with van der Waals surface area (Å²) >= 11 is 0. The van der Waals surface area contributed by atoms with Gasteiger partial charge in [0, 0.05) is 6.42 Å². The van der Waals surface area contributed by atoms with Crippen molar-refractivity contribution in [3.05, 3.63) is 35.9 Å². The van der Waals surface area contributed by atoms with E-state index in [1.54, 1.807) is 44.2 Å². The minimum absolute atomic E-state index is 0.00145. The van der Waals surface area contributed by atoms with Gasteiger partial charge in [0.15, 0.2) is 0 Å². The fourth-order valence-corrected chi connectivity index (χ4v) is 3.24. The summed E-state index contributed by atoms with van der Waals surface area (Å²) in [5, 5.41) is 25.7. The van der Waals surface area contributed by atoms with Crippen LogP contribution in [0.1, 0.15) is 38.7 Å². The van der Waals surface area contributed by atoms with Crippen molar-refractivity contribution in [1.29, 1.82) is 0 Å². The molecule has 0 aromatic heterocycles. The maximum atomic E-state index is 13.0. The molecule has 1 rings (SSSR count). The maximum absolute atomic E-state index is 13.0. The van der Waals surface area contributed by atoms with Gasteiger partial charge < -0.3 is 37.6 Å². The summed E-state index contributed by atoms with van der Waals surface area (Å²) in [6, 6.07) is 3.09. The summed E-state index contributed by atoms with van der Waals surface area (Å²) in [6.07, 6.45) is -0.947. The molecule has 0 fully saturated rings. The van der Waals surface area contributed by atoms with Crippen LogP contribution < -0.4 is 27.4 Å². The van der Waals surface area contributed by atoms with Crippen LogP contribution in [0.2, 0.25) is 0 Å². The highest BCUT2D eigenvalue weighted by Crippen LogP contribution is 2.11. The van der Waals surface area contributed by atoms with E-state index in [1.807, 2.05) is 0 Å². The Balaban J connectivity index is 3.04. The number of carboxylic acids is 2. The Kier molecular flexibility index (Phi) is 12.0. The third-order valence-electron chi connectivity index (χ3n) is 5.46. The van der Waals surface area contributed by atoms with Crippen LogP contribution in [0.15, 0.2) is 30.3 Å². The standard InChI is InChI=1S/C23H33N5O8/c1-3-12(2)19(22(34)27-16(23(35)36)9-13-7-5-4-6-8-13)28-21(33)15(11-18(30)31)26-20(32)14(24)10-17(25)29/h4-8,12,14-16,19H,3,9-11,24H2,1-2H3,(H2,25,29)(H,26,32)(H,27,34)(H,28,33)(H,30,31)(H,35,36). The fourth-order valence-electron chi connectivity index (χ4n) is 3.24. The van der Waals surface area contributed by atoms with Gasteiger partial charge >= 0.3 is 11.9 Å². The van der Waals surface area contributed by atoms with E-state index in [0.717, 1.165) is 0 Å². The average molecular weight is 508 g/mol. The van der Waals surface area contributed by atoms with E-state index in [2.05, 4.69) is 16.0 Å². The number of nitrogens with one attached hydrogen (secondary N) is 3. The molecule has 5 atom stereocenters. The highest BCUT2D eigenvalue weighted by molar-refractivity contribution is 5.96. The van der Waals surface area contributed by atoms with Crippen molar-refractivity contribution in [1.82, 2.24) is 16.0 Å². The lowest BCUT2D eigenvalue weighted by atomic mass is 9.96. The first-order valence-corrected chi connectivity index (χ1v) is 11.3. The van der Waals surface area contributed by atoms with Crippen LogP contribution >= 0.6 is 0 Å². The van der Waals surface area contributed by atoms with Gasteiger partial charge in [-0.2, -0.15) is 0 Å². The first-order chi connectivity index (χ1) is 16.8. The van der Waals surface area contributed by atoms with Crippen molar-refractivity contribution < 1.29 is 39.0 Å². The molecule has 1 aromatic rings. The number of hydrogen-bond donors (Lipinski definition) is 7. The lowest BCUT2D eigenvalue weighted by Gasteiger charge is -2.27. The van der Waals surface area contributed by atoms with Gasteiger partial charge in [0.1, 0.15) is 18.1 Å². The average Bonchev–Trinajstić information content (AvgIpc) is 2.80. The Bertz CT molecular complexity index is 955. The van der Waals surface area contributed by atoms with Gasteiger partial charge in [0.25, 0.3) is 0 Å². The number of carbonyl (C=O) groups is 6. The number of hydrogen-bond acceptors (Lipinski definition) is 7. The van der Waals surface area contributed by atoms with Crippen molar-refractivity contribution in [3.63, 3.8) is 0 Å². The third-order valence-corrected chi connectivity index (χ3v) is 5.46. The fraction of sp³-hybridized carbons (Fsp3) is 0.478. The molecule has 36 heavy (non-hydrogen) atoms. The Morgan fingerprint density at radius 3 is 1.94 bits per heavy atom. The van der Waals surface area contributed by atoms with Crippen LogP contribution in [0, 0.1) is 5.92 Å². The summed E-state index contributed by atoms with van der Waals surface area (Å²) in [4.78, 5) is 72.1. The SMILES string of the molecule is CCC(C)C(NC(=O)C(CC(=O)O)NC(=O)C(N)CC(N)=O)C(=O)NC(Cc1ccccc1)C(=O)O. The lowest BCUT2D eigenvalue weighted by molar-refractivity contribution is -0.143. The minimum Gasteiger partial charge on any atom is -0.481 e. The highest BCUT2D eigenvalue weighted by atomic mass is 16.4. The van der Waals surface area contributed by atoms with Gasteiger partial charge in [-0.1, -0.05) is 50.6 Å². The summed E-state index contributed by atoms with van der Waals surface area (Å²) < 4.78 is 0. The quantitative estimate of drug-likeness (QED) is 0.146. The zero-order valence-corrected chi connectivity index (χ0v) is 20.1. The van der Waals surface area contributed by atoms with Gasteiger partial charge in [-0.15, -0.1) is 0 Å². The third kappa shape index (κ3) is 10.1. The number of amides is 4. The number of primary amides is 1. The molecule has 5 unspecified atom stereocenters. The summed E-state index contributed by atoms with van der Waals surface area (Å²) in [5.41, 5.74) is 11.2. The molecule has 9 N–H and O–H groups in total. The first kappa shape index (κ1) is 30.0. The molecule has 0 aliphatic heterocycles. The van der Waals surface area contributed by atoms with Crippen molar-refractivity contribution in [2.75, 3.05) is 0 Å². The number of carbonyl (C=O) groups excluding carboxylic acids is 4. The Hall–Kier alpha value is -4.00. The van der Waals surface area contributed by atoms with Crippen LogP contribution in [0.5, 0.6) is 0 Å². The molecule has 0 radical (unpaired) electrons. The first-order valence-electron chi connectivity index (χ1n) is 11.3. The molecule has 1 aromatic carbocycles. The van der Waals surface area contributed by atoms with Gasteiger partial charge in [0.05, 0.1) is 18.9 Å². The normalized spacial score (nSPS) is 14.9. The molecule has 0 heterocycles. The lowest BCUT2D eigenvalue weighted by Crippen LogP contribution is -2.59. The molecule has 198 valence electrons. The smallest absolute Gasteiger partial charge is 0.326 e. The van der Waals surface area contributed by atoms with Gasteiger partial charge in [-0.3, -0.25) is 24.0 Å². The summed E-state index contributed by atoms with van der Waals surface area (Å²) in [7, 11) is 0. The number of rotatable bonds is 15. The predicted molar refractivity (Wildman–Crippen MR) is 127 cm³/mol. The predicted octanol–water partition coefficient (Wildman–Crippen LogP) is -1.51. The second kappa shape index (κ2) is 14.4. The number of carboxylic acid groups (broad SMARTS) is 2. The van der Waals surface area contributed by atoms with E-state index in [0.29, 0.717) is 12.0 Å². The number of nitrogens with two attached hydrogens (primary N) is 2. The molecule has 0 spiro atoms. The summed E-state index contributed by atoms with van der Waals surface area (Å²) in [6.45, 7) is 3.39. The Labute approximate surface area is 208 Å². The van der Waals surface area contributed by atoms with Crippen LogP contribution in [0.3, 0.4) is 0 Å². The van der Waals surface area contributed by atoms with E-state index in [4.69, 9.17) is 16.6 Å². The number of benzene rings is 1. The molecule has 13 nitrogen and oxygen atoms in total. The van der Waals surface area contributed by atoms with E-state index < -0.39 is 78.5 Å². The monoisotopic (exact) mass is 507 g/mol. The van der Waals surface area contributed by atoms with Crippen molar-refractivity contribution >= 4 is 35.6 Å². The van der Waals surface area contributed by atoms with Crippen molar-refractivity contribution in [2.24, 2.45) is 17.4 Å². The summed E-state index contributed by atoms with van der Waals surface area (Å²) in [5.74, 6) is -6.79. The van der Waals surface area contributed by atoms with E-state index in [1.165, 1.54) is 0 Å². The maximum Gasteiger partial charge on any atom is 0.326 e. The van der Waals surface area contributed by atoms with Crippen LogP contribution in [-0.2, 0) is 35.2 Å². The molecule has 0 bridgehead atoms. The molecule has 0 aliphatic carbocycles.